The first-order valence-electron chi connectivity index (χ1n) is 7.09. The molecule has 1 aromatic rings. The normalized spacial score (nSPS) is 23.2. The molecular formula is C13H22N4O2. The van der Waals surface area contributed by atoms with Crippen LogP contribution in [0.15, 0.2) is 4.52 Å². The maximum absolute atomic E-state index is 5.59. The first-order valence-corrected chi connectivity index (χ1v) is 7.09. The molecule has 0 amide bonds. The summed E-state index contributed by atoms with van der Waals surface area (Å²) in [6.07, 6.45) is 4.17. The van der Waals surface area contributed by atoms with Crippen LogP contribution >= 0.6 is 0 Å². The summed E-state index contributed by atoms with van der Waals surface area (Å²) in [6, 6.07) is 0. The van der Waals surface area contributed by atoms with Crippen molar-refractivity contribution >= 4 is 0 Å². The molecular weight excluding hydrogens is 244 g/mol. The summed E-state index contributed by atoms with van der Waals surface area (Å²) in [4.78, 5) is 6.85. The molecule has 1 N–H and O–H groups in total. The van der Waals surface area contributed by atoms with Crippen molar-refractivity contribution in [2.75, 3.05) is 33.3 Å². The number of aromatic nitrogens is 2. The zero-order valence-corrected chi connectivity index (χ0v) is 11.5. The third-order valence-corrected chi connectivity index (χ3v) is 4.26. The van der Waals surface area contributed by atoms with Gasteiger partial charge in [-0.05, 0) is 19.3 Å². The first-order chi connectivity index (χ1) is 9.30. The fourth-order valence-corrected chi connectivity index (χ4v) is 2.80. The van der Waals surface area contributed by atoms with Gasteiger partial charge in [0.05, 0.1) is 18.6 Å². The first kappa shape index (κ1) is 13.0. The summed E-state index contributed by atoms with van der Waals surface area (Å²) in [5.41, 5.74) is -0.0428. The number of ether oxygens (including phenoxy) is 1. The van der Waals surface area contributed by atoms with Crippen molar-refractivity contribution in [2.45, 2.75) is 37.8 Å². The van der Waals surface area contributed by atoms with Crippen LogP contribution in [0.1, 0.15) is 31.0 Å². The Bertz CT molecular complexity index is 405. The van der Waals surface area contributed by atoms with Crippen molar-refractivity contribution in [1.29, 1.82) is 0 Å². The lowest BCUT2D eigenvalue weighted by Gasteiger charge is -2.39. The van der Waals surface area contributed by atoms with Crippen molar-refractivity contribution in [3.05, 3.63) is 11.7 Å². The molecule has 3 rings (SSSR count). The Balaban J connectivity index is 1.56. The van der Waals surface area contributed by atoms with Gasteiger partial charge in [0.25, 0.3) is 0 Å². The van der Waals surface area contributed by atoms with E-state index in [9.17, 15) is 0 Å². The van der Waals surface area contributed by atoms with Crippen molar-refractivity contribution in [3.8, 4) is 0 Å². The van der Waals surface area contributed by atoms with E-state index in [0.29, 0.717) is 5.89 Å². The average Bonchev–Trinajstić information content (AvgIpc) is 2.82. The summed E-state index contributed by atoms with van der Waals surface area (Å²) in [5.74, 6) is 1.51. The molecule has 1 aliphatic heterocycles. The third-order valence-electron chi connectivity index (χ3n) is 4.26. The Morgan fingerprint density at radius 2 is 2.16 bits per heavy atom. The molecule has 1 aliphatic carbocycles. The van der Waals surface area contributed by atoms with Crippen LogP contribution in [0, 0.1) is 0 Å². The molecule has 6 nitrogen and oxygen atoms in total. The topological polar surface area (TPSA) is 63.4 Å². The van der Waals surface area contributed by atoms with E-state index >= 15 is 0 Å². The van der Waals surface area contributed by atoms with Crippen LogP contribution in [0.25, 0.3) is 0 Å². The highest BCUT2D eigenvalue weighted by Gasteiger charge is 2.38. The number of piperazine rings is 1. The maximum atomic E-state index is 5.59. The summed E-state index contributed by atoms with van der Waals surface area (Å²) in [7, 11) is 1.77. The monoisotopic (exact) mass is 266 g/mol. The van der Waals surface area contributed by atoms with Crippen LogP contribution < -0.4 is 5.32 Å². The van der Waals surface area contributed by atoms with Crippen molar-refractivity contribution in [3.63, 3.8) is 0 Å². The molecule has 2 heterocycles. The third kappa shape index (κ3) is 2.96. The van der Waals surface area contributed by atoms with Gasteiger partial charge >= 0.3 is 0 Å². The van der Waals surface area contributed by atoms with E-state index in [-0.39, 0.29) is 5.60 Å². The number of hydrogen-bond acceptors (Lipinski definition) is 6. The van der Waals surface area contributed by atoms with Crippen molar-refractivity contribution in [1.82, 2.24) is 20.4 Å². The van der Waals surface area contributed by atoms with E-state index in [1.54, 1.807) is 7.11 Å². The second-order valence-electron chi connectivity index (χ2n) is 5.55. The molecule has 6 heteroatoms. The van der Waals surface area contributed by atoms with E-state index in [4.69, 9.17) is 9.26 Å². The number of rotatable bonds is 5. The van der Waals surface area contributed by atoms with Gasteiger partial charge in [-0.3, -0.25) is 4.90 Å². The van der Waals surface area contributed by atoms with Gasteiger partial charge in [0.1, 0.15) is 0 Å². The molecule has 1 saturated heterocycles. The van der Waals surface area contributed by atoms with Gasteiger partial charge in [0, 0.05) is 33.3 Å². The number of methoxy groups -OCH3 is 1. The second-order valence-corrected chi connectivity index (χ2v) is 5.55. The van der Waals surface area contributed by atoms with Gasteiger partial charge in [-0.15, -0.1) is 0 Å². The largest absolute Gasteiger partial charge is 0.378 e. The van der Waals surface area contributed by atoms with Gasteiger partial charge in [0.2, 0.25) is 5.89 Å². The van der Waals surface area contributed by atoms with Crippen molar-refractivity contribution in [2.24, 2.45) is 0 Å². The molecule has 2 fully saturated rings. The Morgan fingerprint density at radius 1 is 1.37 bits per heavy atom. The lowest BCUT2D eigenvalue weighted by Crippen LogP contribution is -2.43. The zero-order chi connectivity index (χ0) is 13.1. The van der Waals surface area contributed by atoms with Crippen LogP contribution in [0.2, 0.25) is 0 Å². The van der Waals surface area contributed by atoms with E-state index < -0.39 is 0 Å². The smallest absolute Gasteiger partial charge is 0.229 e. The Morgan fingerprint density at radius 3 is 2.79 bits per heavy atom. The van der Waals surface area contributed by atoms with Gasteiger partial charge < -0.3 is 14.6 Å². The summed E-state index contributed by atoms with van der Waals surface area (Å²) < 4.78 is 10.9. The lowest BCUT2D eigenvalue weighted by atomic mass is 9.77. The van der Waals surface area contributed by atoms with Crippen LogP contribution in [0.5, 0.6) is 0 Å². The molecule has 2 aliphatic rings. The fourth-order valence-electron chi connectivity index (χ4n) is 2.80. The average molecular weight is 266 g/mol. The van der Waals surface area contributed by atoms with Crippen LogP contribution in [-0.2, 0) is 17.7 Å². The van der Waals surface area contributed by atoms with Crippen LogP contribution in [0.4, 0.5) is 0 Å². The number of nitrogens with zero attached hydrogens (tertiary/aromatic N) is 3. The molecule has 0 radical (unpaired) electrons. The molecule has 19 heavy (non-hydrogen) atoms. The standard InChI is InChI=1S/C13H22N4O2/c1-18-13(3-2-4-13)9-12-15-11(16-19-12)10-17-7-5-14-6-8-17/h14H,2-10H2,1H3. The van der Waals surface area contributed by atoms with E-state index in [1.165, 1.54) is 6.42 Å². The minimum absolute atomic E-state index is 0.0428. The molecule has 1 saturated carbocycles. The Labute approximate surface area is 113 Å². The molecule has 0 unspecified atom stereocenters. The SMILES string of the molecule is COC1(Cc2nc(CN3CCNCC3)no2)CCC1. The highest BCUT2D eigenvalue weighted by Crippen LogP contribution is 2.37. The van der Waals surface area contributed by atoms with Crippen LogP contribution in [0.3, 0.4) is 0 Å². The van der Waals surface area contributed by atoms with E-state index in [2.05, 4.69) is 20.4 Å². The van der Waals surface area contributed by atoms with E-state index in [1.807, 2.05) is 0 Å². The Kier molecular flexibility index (Phi) is 3.81. The molecule has 1 aromatic heterocycles. The van der Waals surface area contributed by atoms with Gasteiger partial charge in [-0.25, -0.2) is 0 Å². The van der Waals surface area contributed by atoms with Crippen LogP contribution in [-0.4, -0.2) is 53.9 Å². The van der Waals surface area contributed by atoms with Gasteiger partial charge in [0.15, 0.2) is 5.82 Å². The van der Waals surface area contributed by atoms with E-state index in [0.717, 1.165) is 57.8 Å². The highest BCUT2D eigenvalue weighted by molar-refractivity contribution is 4.99. The predicted octanol–water partition coefficient (Wildman–Crippen LogP) is 0.586. The number of nitrogens with one attached hydrogen (secondary N) is 1. The summed E-state index contributed by atoms with van der Waals surface area (Å²) >= 11 is 0. The van der Waals surface area contributed by atoms with Crippen molar-refractivity contribution < 1.29 is 9.26 Å². The van der Waals surface area contributed by atoms with Gasteiger partial charge in [-0.2, -0.15) is 4.98 Å². The summed E-state index contributed by atoms with van der Waals surface area (Å²) in [5, 5.41) is 7.42. The lowest BCUT2D eigenvalue weighted by molar-refractivity contribution is -0.0751. The molecule has 0 aromatic carbocycles. The molecule has 0 spiro atoms. The Hall–Kier alpha value is -0.980. The molecule has 0 bridgehead atoms. The number of hydrogen-bond donors (Lipinski definition) is 1. The minimum atomic E-state index is -0.0428. The fraction of sp³-hybridized carbons (Fsp3) is 0.846. The zero-order valence-electron chi connectivity index (χ0n) is 11.5. The summed E-state index contributed by atoms with van der Waals surface area (Å²) in [6.45, 7) is 4.96. The quantitative estimate of drug-likeness (QED) is 0.841. The highest BCUT2D eigenvalue weighted by atomic mass is 16.5. The molecule has 0 atom stereocenters. The maximum Gasteiger partial charge on any atom is 0.229 e. The second kappa shape index (κ2) is 5.56. The predicted molar refractivity (Wildman–Crippen MR) is 69.7 cm³/mol. The van der Waals surface area contributed by atoms with Gasteiger partial charge in [-0.1, -0.05) is 5.16 Å². The molecule has 106 valence electrons. The minimum Gasteiger partial charge on any atom is -0.378 e.